The van der Waals surface area contributed by atoms with Gasteiger partial charge in [-0.25, -0.2) is 4.98 Å². The van der Waals surface area contributed by atoms with Crippen LogP contribution in [0.2, 0.25) is 0 Å². The summed E-state index contributed by atoms with van der Waals surface area (Å²) in [6, 6.07) is 6.33. The predicted octanol–water partition coefficient (Wildman–Crippen LogP) is 4.65. The number of hydrogen-bond acceptors (Lipinski definition) is 4. The molecule has 2 nitrogen and oxygen atoms in total. The maximum Gasteiger partial charge on any atom is 0.417 e. The zero-order chi connectivity index (χ0) is 15.6. The molecule has 2 N–H and O–H groups in total. The lowest BCUT2D eigenvalue weighted by Crippen LogP contribution is -2.22. The van der Waals surface area contributed by atoms with Gasteiger partial charge in [-0.1, -0.05) is 11.8 Å². The summed E-state index contributed by atoms with van der Waals surface area (Å²) in [5.74, 6) is 0. The average Bonchev–Trinajstić information content (AvgIpc) is 2.81. The number of rotatable bonds is 4. The van der Waals surface area contributed by atoms with Crippen molar-refractivity contribution in [3.63, 3.8) is 0 Å². The number of halogens is 3. The van der Waals surface area contributed by atoms with Crippen LogP contribution in [0.4, 0.5) is 13.2 Å². The molecular formula is C14H15F3N2S2. The van der Waals surface area contributed by atoms with Crippen molar-refractivity contribution < 1.29 is 13.2 Å². The number of nitrogens with two attached hydrogens (primary N) is 1. The zero-order valence-electron chi connectivity index (χ0n) is 11.5. The second kappa shape index (κ2) is 6.37. The Morgan fingerprint density at radius 2 is 1.95 bits per heavy atom. The van der Waals surface area contributed by atoms with Crippen LogP contribution in [-0.2, 0) is 6.18 Å². The summed E-state index contributed by atoms with van der Waals surface area (Å²) >= 11 is 3.03. The van der Waals surface area contributed by atoms with E-state index in [1.165, 1.54) is 22.7 Å². The SMILES string of the molecule is Cc1ccc(C(Sc2ccc(C(F)(F)F)cn2)C(C)N)s1. The Labute approximate surface area is 129 Å². The summed E-state index contributed by atoms with van der Waals surface area (Å²) in [4.78, 5) is 6.17. The van der Waals surface area contributed by atoms with Crippen LogP contribution >= 0.6 is 23.1 Å². The molecule has 0 amide bonds. The maximum atomic E-state index is 12.5. The molecule has 2 aromatic heterocycles. The van der Waals surface area contributed by atoms with Crippen molar-refractivity contribution in [3.8, 4) is 0 Å². The van der Waals surface area contributed by atoms with Gasteiger partial charge in [0, 0.05) is 22.0 Å². The molecule has 114 valence electrons. The van der Waals surface area contributed by atoms with Gasteiger partial charge in [0.25, 0.3) is 0 Å². The minimum absolute atomic E-state index is 0.0204. The van der Waals surface area contributed by atoms with Gasteiger partial charge in [-0.2, -0.15) is 13.2 Å². The largest absolute Gasteiger partial charge is 0.417 e. The van der Waals surface area contributed by atoms with E-state index in [-0.39, 0.29) is 11.3 Å². The van der Waals surface area contributed by atoms with Crippen LogP contribution in [0.5, 0.6) is 0 Å². The monoisotopic (exact) mass is 332 g/mol. The van der Waals surface area contributed by atoms with E-state index in [0.717, 1.165) is 17.1 Å². The molecule has 2 unspecified atom stereocenters. The number of aromatic nitrogens is 1. The molecule has 0 saturated heterocycles. The molecule has 21 heavy (non-hydrogen) atoms. The van der Waals surface area contributed by atoms with Gasteiger partial charge in [0.2, 0.25) is 0 Å². The fourth-order valence-electron chi connectivity index (χ4n) is 1.78. The van der Waals surface area contributed by atoms with Gasteiger partial charge in [0.05, 0.1) is 15.8 Å². The second-order valence-corrected chi connectivity index (χ2v) is 7.21. The third-order valence-corrected chi connectivity index (χ3v) is 5.48. The van der Waals surface area contributed by atoms with Crippen molar-refractivity contribution in [1.29, 1.82) is 0 Å². The van der Waals surface area contributed by atoms with E-state index in [0.29, 0.717) is 5.03 Å². The smallest absolute Gasteiger partial charge is 0.327 e. The first-order valence-corrected chi connectivity index (χ1v) is 7.99. The Morgan fingerprint density at radius 1 is 1.24 bits per heavy atom. The first-order valence-electron chi connectivity index (χ1n) is 6.29. The van der Waals surface area contributed by atoms with Crippen molar-refractivity contribution in [2.45, 2.75) is 36.3 Å². The van der Waals surface area contributed by atoms with Gasteiger partial charge in [-0.15, -0.1) is 11.3 Å². The fourth-order valence-corrected chi connectivity index (χ4v) is 3.97. The Kier molecular flexibility index (Phi) is 4.95. The standard InChI is InChI=1S/C14H15F3N2S2/c1-8-3-5-11(20-8)13(9(2)18)21-12-6-4-10(7-19-12)14(15,16)17/h3-7,9,13H,18H2,1-2H3. The van der Waals surface area contributed by atoms with Crippen LogP contribution in [0.3, 0.4) is 0 Å². The molecule has 2 heterocycles. The van der Waals surface area contributed by atoms with Crippen LogP contribution in [0.15, 0.2) is 35.5 Å². The van der Waals surface area contributed by atoms with E-state index >= 15 is 0 Å². The van der Waals surface area contributed by atoms with Gasteiger partial charge < -0.3 is 5.73 Å². The molecule has 0 radical (unpaired) electrons. The van der Waals surface area contributed by atoms with Gasteiger partial charge in [-0.05, 0) is 38.1 Å². The number of nitrogens with zero attached hydrogens (tertiary/aromatic N) is 1. The lowest BCUT2D eigenvalue weighted by Gasteiger charge is -2.18. The van der Waals surface area contributed by atoms with Crippen LogP contribution in [0, 0.1) is 6.92 Å². The van der Waals surface area contributed by atoms with Gasteiger partial charge in [-0.3, -0.25) is 0 Å². The maximum absolute atomic E-state index is 12.5. The summed E-state index contributed by atoms with van der Waals surface area (Å²) in [5, 5.41) is 0.518. The molecule has 0 aliphatic heterocycles. The molecule has 0 aliphatic carbocycles. The van der Waals surface area contributed by atoms with Crippen LogP contribution in [0.1, 0.15) is 27.5 Å². The number of aryl methyl sites for hydroxylation is 1. The number of alkyl halides is 3. The molecule has 0 spiro atoms. The zero-order valence-corrected chi connectivity index (χ0v) is 13.1. The molecule has 2 aromatic rings. The van der Waals surface area contributed by atoms with Crippen molar-refractivity contribution in [3.05, 3.63) is 45.8 Å². The second-order valence-electron chi connectivity index (χ2n) is 4.73. The summed E-state index contributed by atoms with van der Waals surface area (Å²) in [7, 11) is 0. The summed E-state index contributed by atoms with van der Waals surface area (Å²) in [6.45, 7) is 3.89. The van der Waals surface area contributed by atoms with Crippen LogP contribution < -0.4 is 5.73 Å². The quantitative estimate of drug-likeness (QED) is 0.828. The van der Waals surface area contributed by atoms with Gasteiger partial charge >= 0.3 is 6.18 Å². The predicted molar refractivity (Wildman–Crippen MR) is 80.5 cm³/mol. The minimum Gasteiger partial charge on any atom is -0.327 e. The van der Waals surface area contributed by atoms with Crippen molar-refractivity contribution in [1.82, 2.24) is 4.98 Å². The lowest BCUT2D eigenvalue weighted by atomic mass is 10.2. The number of pyridine rings is 1. The third kappa shape index (κ3) is 4.21. The Bertz CT molecular complexity index is 591. The summed E-state index contributed by atoms with van der Waals surface area (Å²) in [5.41, 5.74) is 5.26. The molecule has 2 rings (SSSR count). The van der Waals surface area contributed by atoms with Crippen LogP contribution in [0.25, 0.3) is 0 Å². The molecular weight excluding hydrogens is 317 g/mol. The van der Waals surface area contributed by atoms with E-state index in [2.05, 4.69) is 4.98 Å². The highest BCUT2D eigenvalue weighted by atomic mass is 32.2. The molecule has 0 aromatic carbocycles. The van der Waals surface area contributed by atoms with E-state index in [1.54, 1.807) is 11.3 Å². The van der Waals surface area contributed by atoms with Crippen LogP contribution in [-0.4, -0.2) is 11.0 Å². The molecule has 0 bridgehead atoms. The first-order chi connectivity index (χ1) is 9.77. The fraction of sp³-hybridized carbons (Fsp3) is 0.357. The molecule has 0 saturated carbocycles. The molecule has 7 heteroatoms. The average molecular weight is 332 g/mol. The molecule has 0 fully saturated rings. The number of hydrogen-bond donors (Lipinski definition) is 1. The minimum atomic E-state index is -4.36. The van der Waals surface area contributed by atoms with Crippen molar-refractivity contribution in [2.24, 2.45) is 5.73 Å². The van der Waals surface area contributed by atoms with E-state index in [4.69, 9.17) is 5.73 Å². The third-order valence-electron chi connectivity index (χ3n) is 2.83. The topological polar surface area (TPSA) is 38.9 Å². The number of thioether (sulfide) groups is 1. The van der Waals surface area contributed by atoms with Crippen molar-refractivity contribution in [2.75, 3.05) is 0 Å². The Hall–Kier alpha value is -1.05. The van der Waals surface area contributed by atoms with Gasteiger partial charge in [0.15, 0.2) is 0 Å². The highest BCUT2D eigenvalue weighted by Gasteiger charge is 2.31. The lowest BCUT2D eigenvalue weighted by molar-refractivity contribution is -0.137. The van der Waals surface area contributed by atoms with E-state index in [9.17, 15) is 13.2 Å². The Morgan fingerprint density at radius 3 is 2.38 bits per heavy atom. The van der Waals surface area contributed by atoms with E-state index < -0.39 is 11.7 Å². The van der Waals surface area contributed by atoms with Crippen molar-refractivity contribution >= 4 is 23.1 Å². The normalized spacial score (nSPS) is 15.0. The molecule has 2 atom stereocenters. The Balaban J connectivity index is 2.18. The highest BCUT2D eigenvalue weighted by molar-refractivity contribution is 7.99. The highest BCUT2D eigenvalue weighted by Crippen LogP contribution is 2.40. The summed E-state index contributed by atoms with van der Waals surface area (Å²) < 4.78 is 37.5. The molecule has 0 aliphatic rings. The number of thiophene rings is 1. The first kappa shape index (κ1) is 16.3. The van der Waals surface area contributed by atoms with Gasteiger partial charge in [0.1, 0.15) is 0 Å². The van der Waals surface area contributed by atoms with E-state index in [1.807, 2.05) is 26.0 Å². The summed E-state index contributed by atoms with van der Waals surface area (Å²) in [6.07, 6.45) is -3.50.